The van der Waals surface area contributed by atoms with Crippen LogP contribution in [0.2, 0.25) is 0 Å². The van der Waals surface area contributed by atoms with Gasteiger partial charge in [-0.2, -0.15) is 18.3 Å². The molecule has 5 rings (SSSR count). The van der Waals surface area contributed by atoms with Crippen LogP contribution in [0.25, 0.3) is 21.8 Å². The normalized spacial score (nSPS) is 17.2. The lowest BCUT2D eigenvalue weighted by molar-refractivity contribution is -0.192. The van der Waals surface area contributed by atoms with E-state index in [9.17, 15) is 26.7 Å². The maximum absolute atomic E-state index is 14.6. The first-order valence-corrected chi connectivity index (χ1v) is 10.9. The summed E-state index contributed by atoms with van der Waals surface area (Å²) >= 11 is 0. The Labute approximate surface area is 205 Å². The van der Waals surface area contributed by atoms with Crippen molar-refractivity contribution in [2.24, 2.45) is 0 Å². The second-order valence-electron chi connectivity index (χ2n) is 8.13. The number of carboxylic acids is 1. The predicted molar refractivity (Wildman–Crippen MR) is 121 cm³/mol. The first-order valence-electron chi connectivity index (χ1n) is 10.9. The Kier molecular flexibility index (Phi) is 6.96. The maximum Gasteiger partial charge on any atom is 0.490 e. The molecule has 2 N–H and O–H groups in total. The quantitative estimate of drug-likeness (QED) is 0.379. The SMILES string of the molecule is O=C(O)C(F)(F)F.O=C(c1n[nH]c2ccccc12)N1CCC(F)(F)[C@@H](Oc2ccc3ccccc3n2)C1. The van der Waals surface area contributed by atoms with Crippen LogP contribution in [0.3, 0.4) is 0 Å². The maximum atomic E-state index is 14.6. The number of H-pyrrole nitrogens is 1. The molecule has 0 radical (unpaired) electrons. The minimum absolute atomic E-state index is 0.0714. The molecule has 8 nitrogen and oxygen atoms in total. The number of nitrogens with zero attached hydrogens (tertiary/aromatic N) is 3. The zero-order chi connectivity index (χ0) is 26.8. The third-order valence-corrected chi connectivity index (χ3v) is 5.61. The summed E-state index contributed by atoms with van der Waals surface area (Å²) in [5.74, 6) is -6.12. The molecule has 0 spiro atoms. The number of aromatic nitrogens is 3. The minimum atomic E-state index is -5.08. The van der Waals surface area contributed by atoms with Gasteiger partial charge in [0.05, 0.1) is 17.6 Å². The van der Waals surface area contributed by atoms with Crippen LogP contribution in [0, 0.1) is 0 Å². The summed E-state index contributed by atoms with van der Waals surface area (Å²) in [5, 5.41) is 15.6. The number of hydrogen-bond donors (Lipinski definition) is 2. The molecule has 0 bridgehead atoms. The topological polar surface area (TPSA) is 108 Å². The van der Waals surface area contributed by atoms with E-state index in [2.05, 4.69) is 15.2 Å². The first kappa shape index (κ1) is 25.8. The number of fused-ring (bicyclic) bond motifs is 2. The van der Waals surface area contributed by atoms with E-state index in [4.69, 9.17) is 14.6 Å². The molecule has 3 heterocycles. The highest BCUT2D eigenvalue weighted by Gasteiger charge is 2.47. The first-order chi connectivity index (χ1) is 17.5. The monoisotopic (exact) mass is 522 g/mol. The van der Waals surface area contributed by atoms with Crippen molar-refractivity contribution in [3.63, 3.8) is 0 Å². The van der Waals surface area contributed by atoms with Crippen molar-refractivity contribution in [3.8, 4) is 5.88 Å². The summed E-state index contributed by atoms with van der Waals surface area (Å²) in [7, 11) is 0. The number of ether oxygens (including phenoxy) is 1. The van der Waals surface area contributed by atoms with Gasteiger partial charge in [-0.1, -0.05) is 36.4 Å². The molecule has 37 heavy (non-hydrogen) atoms. The second kappa shape index (κ2) is 9.99. The lowest BCUT2D eigenvalue weighted by Crippen LogP contribution is -2.55. The number of likely N-dealkylation sites (tertiary alicyclic amines) is 1. The van der Waals surface area contributed by atoms with Crippen LogP contribution in [0.1, 0.15) is 16.9 Å². The summed E-state index contributed by atoms with van der Waals surface area (Å²) in [6, 6.07) is 17.9. The number of carbonyl (C=O) groups excluding carboxylic acids is 1. The highest BCUT2D eigenvalue weighted by Crippen LogP contribution is 2.32. The summed E-state index contributed by atoms with van der Waals surface area (Å²) in [6.45, 7) is -0.320. The van der Waals surface area contributed by atoms with Crippen LogP contribution in [0.15, 0.2) is 60.7 Å². The molecular weight excluding hydrogens is 503 g/mol. The molecule has 194 valence electrons. The fourth-order valence-corrected chi connectivity index (χ4v) is 3.71. The number of pyridine rings is 1. The number of carbonyl (C=O) groups is 2. The highest BCUT2D eigenvalue weighted by atomic mass is 19.4. The predicted octanol–water partition coefficient (Wildman–Crippen LogP) is 4.67. The number of rotatable bonds is 3. The van der Waals surface area contributed by atoms with Gasteiger partial charge < -0.3 is 14.7 Å². The molecule has 0 aliphatic carbocycles. The molecule has 0 saturated carbocycles. The molecule has 1 saturated heterocycles. The fraction of sp³-hybridized carbons (Fsp3) is 0.250. The van der Waals surface area contributed by atoms with Crippen molar-refractivity contribution in [3.05, 3.63) is 66.4 Å². The summed E-state index contributed by atoms with van der Waals surface area (Å²) in [4.78, 5) is 27.6. The molecule has 2 aromatic heterocycles. The molecule has 1 fully saturated rings. The van der Waals surface area contributed by atoms with E-state index in [1.165, 1.54) is 4.90 Å². The van der Waals surface area contributed by atoms with Crippen LogP contribution in [-0.2, 0) is 4.79 Å². The lowest BCUT2D eigenvalue weighted by Gasteiger charge is -2.37. The van der Waals surface area contributed by atoms with Crippen molar-refractivity contribution >= 4 is 33.7 Å². The molecule has 0 unspecified atom stereocenters. The van der Waals surface area contributed by atoms with Gasteiger partial charge in [-0.15, -0.1) is 0 Å². The molecule has 1 aliphatic heterocycles. The Balaban J connectivity index is 0.000000405. The molecule has 13 heteroatoms. The molecule has 1 aliphatic rings. The number of aliphatic carboxylic acids is 1. The number of amides is 1. The number of hydrogen-bond acceptors (Lipinski definition) is 5. The van der Waals surface area contributed by atoms with E-state index in [0.717, 1.165) is 10.9 Å². The number of alkyl halides is 5. The number of aromatic amines is 1. The van der Waals surface area contributed by atoms with Crippen molar-refractivity contribution in [1.82, 2.24) is 20.1 Å². The third kappa shape index (κ3) is 5.76. The number of para-hydroxylation sites is 2. The van der Waals surface area contributed by atoms with Gasteiger partial charge in [0, 0.05) is 29.8 Å². The minimum Gasteiger partial charge on any atom is -0.475 e. The van der Waals surface area contributed by atoms with Gasteiger partial charge in [0.1, 0.15) is 0 Å². The third-order valence-electron chi connectivity index (χ3n) is 5.61. The van der Waals surface area contributed by atoms with Crippen molar-refractivity contribution in [2.45, 2.75) is 24.6 Å². The zero-order valence-electron chi connectivity index (χ0n) is 18.9. The summed E-state index contributed by atoms with van der Waals surface area (Å²) in [5.41, 5.74) is 1.60. The molecule has 1 atom stereocenters. The number of carboxylic acid groups (broad SMARTS) is 1. The molecular formula is C24H19F5N4O4. The lowest BCUT2D eigenvalue weighted by atomic mass is 10.0. The Morgan fingerprint density at radius 3 is 2.46 bits per heavy atom. The Morgan fingerprint density at radius 1 is 1.05 bits per heavy atom. The number of benzene rings is 2. The van der Waals surface area contributed by atoms with Gasteiger partial charge in [0.2, 0.25) is 5.88 Å². The van der Waals surface area contributed by atoms with E-state index >= 15 is 0 Å². The van der Waals surface area contributed by atoms with E-state index < -0.39 is 36.5 Å². The van der Waals surface area contributed by atoms with Crippen LogP contribution in [-0.4, -0.2) is 68.4 Å². The molecule has 2 aromatic carbocycles. The average molecular weight is 522 g/mol. The van der Waals surface area contributed by atoms with Crippen molar-refractivity contribution < 1.29 is 41.4 Å². The Hall–Kier alpha value is -4.29. The number of piperidine rings is 1. The standard InChI is InChI=1S/C22H18F2N4O2.C2HF3O2/c23-22(24)11-12-28(21(29)20-15-6-2-4-8-17(15)26-27-20)13-18(22)30-19-10-9-14-5-1-3-7-16(14)25-19;3-2(4,5)1(6)7/h1-10,18H,11-13H2,(H,26,27);(H,6,7)/t18-;/m0./s1. The van der Waals surface area contributed by atoms with Crippen molar-refractivity contribution in [1.29, 1.82) is 0 Å². The van der Waals surface area contributed by atoms with Gasteiger partial charge in [0.15, 0.2) is 11.8 Å². The fourth-order valence-electron chi connectivity index (χ4n) is 3.71. The van der Waals surface area contributed by atoms with E-state index in [-0.39, 0.29) is 24.7 Å². The molecule has 1 amide bonds. The number of nitrogens with one attached hydrogen (secondary N) is 1. The van der Waals surface area contributed by atoms with Crippen LogP contribution in [0.4, 0.5) is 22.0 Å². The smallest absolute Gasteiger partial charge is 0.475 e. The highest BCUT2D eigenvalue weighted by molar-refractivity contribution is 6.04. The van der Waals surface area contributed by atoms with Gasteiger partial charge in [-0.05, 0) is 18.2 Å². The van der Waals surface area contributed by atoms with Crippen LogP contribution in [0.5, 0.6) is 5.88 Å². The summed E-state index contributed by atoms with van der Waals surface area (Å²) < 4.78 is 66.5. The Bertz CT molecular complexity index is 1440. The van der Waals surface area contributed by atoms with Gasteiger partial charge in [-0.3, -0.25) is 9.89 Å². The van der Waals surface area contributed by atoms with Gasteiger partial charge in [0.25, 0.3) is 11.8 Å². The molecule has 4 aromatic rings. The second-order valence-corrected chi connectivity index (χ2v) is 8.13. The van der Waals surface area contributed by atoms with Crippen LogP contribution < -0.4 is 4.74 Å². The van der Waals surface area contributed by atoms with Crippen molar-refractivity contribution in [2.75, 3.05) is 13.1 Å². The largest absolute Gasteiger partial charge is 0.490 e. The average Bonchev–Trinajstić information content (AvgIpc) is 3.29. The Morgan fingerprint density at radius 2 is 1.73 bits per heavy atom. The van der Waals surface area contributed by atoms with Gasteiger partial charge >= 0.3 is 12.1 Å². The van der Waals surface area contributed by atoms with E-state index in [1.807, 2.05) is 24.3 Å². The summed E-state index contributed by atoms with van der Waals surface area (Å²) in [6.07, 6.45) is -7.06. The van der Waals surface area contributed by atoms with E-state index in [0.29, 0.717) is 10.9 Å². The van der Waals surface area contributed by atoms with E-state index in [1.54, 1.807) is 36.4 Å². The van der Waals surface area contributed by atoms with Gasteiger partial charge in [-0.25, -0.2) is 18.6 Å². The zero-order valence-corrected chi connectivity index (χ0v) is 18.9. The van der Waals surface area contributed by atoms with Crippen LogP contribution >= 0.6 is 0 Å². The number of halogens is 5.